The van der Waals surface area contributed by atoms with E-state index in [1.165, 1.54) is 0 Å². The van der Waals surface area contributed by atoms with E-state index in [-0.39, 0.29) is 35.8 Å². The van der Waals surface area contributed by atoms with E-state index in [2.05, 4.69) is 4.74 Å². The third kappa shape index (κ3) is 2.67. The molecule has 20 heavy (non-hydrogen) atoms. The monoisotopic (exact) mass is 288 g/mol. The zero-order valence-corrected chi connectivity index (χ0v) is 11.0. The Kier molecular flexibility index (Phi) is 3.80. The van der Waals surface area contributed by atoms with Gasteiger partial charge in [0.25, 0.3) is 5.92 Å². The molecular weight excluding hydrogens is 274 g/mol. The lowest BCUT2D eigenvalue weighted by atomic mass is 10.0. The number of methoxy groups -OCH3 is 1. The summed E-state index contributed by atoms with van der Waals surface area (Å²) in [5, 5.41) is 9.88. The molecule has 1 aliphatic rings. The Balaban J connectivity index is 2.55. The summed E-state index contributed by atoms with van der Waals surface area (Å²) in [4.78, 5) is 11.4. The van der Waals surface area contributed by atoms with Gasteiger partial charge < -0.3 is 19.3 Å². The van der Waals surface area contributed by atoms with Gasteiger partial charge in [0.1, 0.15) is 13.2 Å². The molecule has 1 N–H and O–H groups in total. The SMILES string of the molecule is COC(=O)C(O)c1cc(C(C)(F)F)cc2c1OCCO2. The van der Waals surface area contributed by atoms with Crippen molar-refractivity contribution in [3.8, 4) is 11.5 Å². The summed E-state index contributed by atoms with van der Waals surface area (Å²) in [6.07, 6.45) is -1.71. The first-order chi connectivity index (χ1) is 9.34. The molecule has 110 valence electrons. The summed E-state index contributed by atoms with van der Waals surface area (Å²) in [5.41, 5.74) is -0.467. The van der Waals surface area contributed by atoms with Crippen LogP contribution in [0.2, 0.25) is 0 Å². The molecule has 1 unspecified atom stereocenters. The first kappa shape index (κ1) is 14.5. The van der Waals surface area contributed by atoms with Gasteiger partial charge in [-0.3, -0.25) is 0 Å². The van der Waals surface area contributed by atoms with E-state index < -0.39 is 18.0 Å². The molecule has 0 aromatic heterocycles. The van der Waals surface area contributed by atoms with Gasteiger partial charge >= 0.3 is 5.97 Å². The van der Waals surface area contributed by atoms with Crippen LogP contribution in [0.15, 0.2) is 12.1 Å². The number of hydrogen-bond donors (Lipinski definition) is 1. The summed E-state index contributed by atoms with van der Waals surface area (Å²) >= 11 is 0. The average molecular weight is 288 g/mol. The van der Waals surface area contributed by atoms with Crippen LogP contribution in [0.3, 0.4) is 0 Å². The number of aliphatic hydroxyl groups is 1. The van der Waals surface area contributed by atoms with Crippen LogP contribution < -0.4 is 9.47 Å². The zero-order valence-electron chi connectivity index (χ0n) is 11.0. The van der Waals surface area contributed by atoms with Gasteiger partial charge in [-0.2, -0.15) is 0 Å². The van der Waals surface area contributed by atoms with Crippen LogP contribution in [-0.4, -0.2) is 31.4 Å². The molecule has 0 spiro atoms. The molecule has 0 aliphatic carbocycles. The molecule has 1 aliphatic heterocycles. The molecule has 0 fully saturated rings. The highest BCUT2D eigenvalue weighted by molar-refractivity contribution is 5.78. The van der Waals surface area contributed by atoms with Crippen molar-refractivity contribution in [1.29, 1.82) is 0 Å². The number of aliphatic hydroxyl groups excluding tert-OH is 1. The number of alkyl halides is 2. The van der Waals surface area contributed by atoms with E-state index >= 15 is 0 Å². The van der Waals surface area contributed by atoms with E-state index in [0.717, 1.165) is 19.2 Å². The lowest BCUT2D eigenvalue weighted by Gasteiger charge is -2.24. The molecule has 5 nitrogen and oxygen atoms in total. The Morgan fingerprint density at radius 2 is 2.05 bits per heavy atom. The fraction of sp³-hybridized carbons (Fsp3) is 0.462. The Hall–Kier alpha value is -1.89. The van der Waals surface area contributed by atoms with Crippen molar-refractivity contribution in [2.75, 3.05) is 20.3 Å². The number of esters is 1. The highest BCUT2D eigenvalue weighted by Crippen LogP contribution is 2.42. The van der Waals surface area contributed by atoms with E-state index in [0.29, 0.717) is 6.92 Å². The van der Waals surface area contributed by atoms with Crippen molar-refractivity contribution in [3.63, 3.8) is 0 Å². The van der Waals surface area contributed by atoms with Crippen molar-refractivity contribution in [1.82, 2.24) is 0 Å². The van der Waals surface area contributed by atoms with Crippen LogP contribution in [0.5, 0.6) is 11.5 Å². The molecule has 0 saturated heterocycles. The van der Waals surface area contributed by atoms with Crippen molar-refractivity contribution >= 4 is 5.97 Å². The second-order valence-corrected chi connectivity index (χ2v) is 4.40. The topological polar surface area (TPSA) is 65.0 Å². The molecule has 0 bridgehead atoms. The Morgan fingerprint density at radius 3 is 2.65 bits per heavy atom. The van der Waals surface area contributed by atoms with Gasteiger partial charge in [0.15, 0.2) is 17.6 Å². The van der Waals surface area contributed by atoms with Gasteiger partial charge in [-0.25, -0.2) is 13.6 Å². The van der Waals surface area contributed by atoms with Crippen molar-refractivity contribution in [3.05, 3.63) is 23.3 Å². The molecule has 1 atom stereocenters. The average Bonchev–Trinajstić information content (AvgIpc) is 2.43. The van der Waals surface area contributed by atoms with Crippen molar-refractivity contribution in [2.45, 2.75) is 19.0 Å². The lowest BCUT2D eigenvalue weighted by Crippen LogP contribution is -2.22. The molecule has 0 saturated carbocycles. The Morgan fingerprint density at radius 1 is 1.40 bits per heavy atom. The van der Waals surface area contributed by atoms with Crippen molar-refractivity contribution < 1.29 is 32.9 Å². The number of rotatable bonds is 3. The summed E-state index contributed by atoms with van der Waals surface area (Å²) in [6, 6.07) is 2.16. The van der Waals surface area contributed by atoms with Crippen LogP contribution in [0.1, 0.15) is 24.2 Å². The fourth-order valence-electron chi connectivity index (χ4n) is 1.88. The maximum Gasteiger partial charge on any atom is 0.339 e. The zero-order chi connectivity index (χ0) is 14.9. The number of hydrogen-bond acceptors (Lipinski definition) is 5. The first-order valence-electron chi connectivity index (χ1n) is 5.92. The van der Waals surface area contributed by atoms with Crippen LogP contribution in [0.25, 0.3) is 0 Å². The van der Waals surface area contributed by atoms with Gasteiger partial charge in [-0.1, -0.05) is 0 Å². The third-order valence-electron chi connectivity index (χ3n) is 2.90. The minimum absolute atomic E-state index is 0.0771. The molecule has 1 aromatic rings. The molecular formula is C13H14F2O5. The summed E-state index contributed by atoms with van der Waals surface area (Å²) in [6.45, 7) is 1.13. The number of fused-ring (bicyclic) bond motifs is 1. The molecule has 0 radical (unpaired) electrons. The third-order valence-corrected chi connectivity index (χ3v) is 2.90. The van der Waals surface area contributed by atoms with Crippen LogP contribution in [-0.2, 0) is 15.5 Å². The van der Waals surface area contributed by atoms with Crippen molar-refractivity contribution in [2.24, 2.45) is 0 Å². The van der Waals surface area contributed by atoms with Gasteiger partial charge in [-0.05, 0) is 12.1 Å². The number of ether oxygens (including phenoxy) is 3. The Bertz CT molecular complexity index is 524. The highest BCUT2D eigenvalue weighted by Gasteiger charge is 2.32. The lowest BCUT2D eigenvalue weighted by molar-refractivity contribution is -0.150. The minimum Gasteiger partial charge on any atom is -0.486 e. The smallest absolute Gasteiger partial charge is 0.339 e. The van der Waals surface area contributed by atoms with Crippen LogP contribution in [0, 0.1) is 0 Å². The number of carbonyl (C=O) groups is 1. The van der Waals surface area contributed by atoms with Gasteiger partial charge in [-0.15, -0.1) is 0 Å². The van der Waals surface area contributed by atoms with Gasteiger partial charge in [0.2, 0.25) is 0 Å². The molecule has 1 aromatic carbocycles. The predicted octanol–water partition coefficient (Wildman–Crippen LogP) is 1.78. The maximum absolute atomic E-state index is 13.5. The largest absolute Gasteiger partial charge is 0.486 e. The molecule has 2 rings (SSSR count). The number of halogens is 2. The van der Waals surface area contributed by atoms with Crippen LogP contribution in [0.4, 0.5) is 8.78 Å². The maximum atomic E-state index is 13.5. The highest BCUT2D eigenvalue weighted by atomic mass is 19.3. The normalized spacial score (nSPS) is 15.7. The minimum atomic E-state index is -3.14. The molecule has 7 heteroatoms. The number of carbonyl (C=O) groups excluding carboxylic acids is 1. The van der Waals surface area contributed by atoms with E-state index in [1.54, 1.807) is 0 Å². The van der Waals surface area contributed by atoms with E-state index in [1.807, 2.05) is 0 Å². The van der Waals surface area contributed by atoms with Crippen LogP contribution >= 0.6 is 0 Å². The van der Waals surface area contributed by atoms with E-state index in [9.17, 15) is 18.7 Å². The fourth-order valence-corrected chi connectivity index (χ4v) is 1.88. The predicted molar refractivity (Wildman–Crippen MR) is 64.0 cm³/mol. The summed E-state index contributed by atoms with van der Waals surface area (Å²) < 4.78 is 41.9. The second-order valence-electron chi connectivity index (χ2n) is 4.40. The number of benzene rings is 1. The molecule has 0 amide bonds. The van der Waals surface area contributed by atoms with Gasteiger partial charge in [0.05, 0.1) is 7.11 Å². The summed E-state index contributed by atoms with van der Waals surface area (Å²) in [7, 11) is 1.09. The Labute approximate surface area is 114 Å². The summed E-state index contributed by atoms with van der Waals surface area (Å²) in [5.74, 6) is -3.94. The first-order valence-corrected chi connectivity index (χ1v) is 5.92. The van der Waals surface area contributed by atoms with Gasteiger partial charge in [0, 0.05) is 18.1 Å². The van der Waals surface area contributed by atoms with E-state index in [4.69, 9.17) is 9.47 Å². The standard InChI is InChI=1S/C13H14F2O5/c1-13(14,15)7-5-8(10(16)12(17)18-2)11-9(6-7)19-3-4-20-11/h5-6,10,16H,3-4H2,1-2H3. The quantitative estimate of drug-likeness (QED) is 0.859. The molecule has 1 heterocycles. The second kappa shape index (κ2) is 5.24.